The van der Waals surface area contributed by atoms with Gasteiger partial charge in [-0.15, -0.1) is 0 Å². The predicted molar refractivity (Wildman–Crippen MR) is 69.8 cm³/mol. The minimum absolute atomic E-state index is 0.0112. The summed E-state index contributed by atoms with van der Waals surface area (Å²) in [5.74, 6) is 0.533. The average Bonchev–Trinajstić information content (AvgIpc) is 2.97. The molecule has 8 nitrogen and oxygen atoms in total. The van der Waals surface area contributed by atoms with Crippen molar-refractivity contribution in [2.75, 3.05) is 31.5 Å². The molecule has 2 amide bonds. The normalized spacial score (nSPS) is 15.0. The van der Waals surface area contributed by atoms with Gasteiger partial charge in [0.15, 0.2) is 5.65 Å². The smallest absolute Gasteiger partial charge is 0.317 e. The van der Waals surface area contributed by atoms with Crippen molar-refractivity contribution in [2.45, 2.75) is 0 Å². The van der Waals surface area contributed by atoms with Gasteiger partial charge in [-0.2, -0.15) is 4.98 Å². The third-order valence-corrected chi connectivity index (χ3v) is 3.09. The fourth-order valence-corrected chi connectivity index (χ4v) is 2.03. The highest BCUT2D eigenvalue weighted by Gasteiger charge is 2.18. The Bertz CT molecular complexity index is 608. The van der Waals surface area contributed by atoms with Gasteiger partial charge in [0.25, 0.3) is 0 Å². The number of aryl methyl sites for hydroxylation is 1. The Morgan fingerprint density at radius 1 is 1.47 bits per heavy atom. The number of urea groups is 1. The van der Waals surface area contributed by atoms with E-state index in [2.05, 4.69) is 25.6 Å². The Balaban J connectivity index is 1.60. The van der Waals surface area contributed by atoms with Gasteiger partial charge in [-0.25, -0.2) is 14.8 Å². The minimum atomic E-state index is -0.0112. The average molecular weight is 261 g/mol. The van der Waals surface area contributed by atoms with Crippen LogP contribution in [0.1, 0.15) is 0 Å². The van der Waals surface area contributed by atoms with E-state index in [0.717, 1.165) is 18.6 Å². The number of amides is 2. The van der Waals surface area contributed by atoms with Crippen LogP contribution in [0.5, 0.6) is 0 Å². The number of rotatable bonds is 4. The highest BCUT2D eigenvalue weighted by Crippen LogP contribution is 2.09. The van der Waals surface area contributed by atoms with Crippen molar-refractivity contribution in [3.05, 3.63) is 12.5 Å². The van der Waals surface area contributed by atoms with Crippen LogP contribution in [-0.4, -0.2) is 56.6 Å². The van der Waals surface area contributed by atoms with E-state index in [0.29, 0.717) is 24.7 Å². The van der Waals surface area contributed by atoms with Gasteiger partial charge in [-0.05, 0) is 0 Å². The first-order valence-corrected chi connectivity index (χ1v) is 6.15. The maximum absolute atomic E-state index is 11.3. The summed E-state index contributed by atoms with van der Waals surface area (Å²) in [5.41, 5.74) is 1.56. The molecule has 2 N–H and O–H groups in total. The number of imidazole rings is 1. The summed E-state index contributed by atoms with van der Waals surface area (Å²) < 4.78 is 1.87. The standard InChI is InChI=1S/C11H15N7O/c1-17-7-15-9-8(17)6-14-10(16-9)12-2-4-18-5-3-13-11(18)19/h6-7H,2-5H2,1H3,(H,13,19)(H,12,14,16). The van der Waals surface area contributed by atoms with Crippen LogP contribution in [0.3, 0.4) is 0 Å². The van der Waals surface area contributed by atoms with Crippen molar-refractivity contribution >= 4 is 23.1 Å². The van der Waals surface area contributed by atoms with E-state index in [1.54, 1.807) is 17.4 Å². The first kappa shape index (κ1) is 11.7. The molecule has 0 spiro atoms. The van der Waals surface area contributed by atoms with Crippen LogP contribution in [-0.2, 0) is 7.05 Å². The molecule has 19 heavy (non-hydrogen) atoms. The molecule has 0 bridgehead atoms. The molecule has 1 saturated heterocycles. The molecule has 0 unspecified atom stereocenters. The summed E-state index contributed by atoms with van der Waals surface area (Å²) in [6, 6.07) is -0.0112. The topological polar surface area (TPSA) is 88.0 Å². The van der Waals surface area contributed by atoms with Crippen LogP contribution >= 0.6 is 0 Å². The van der Waals surface area contributed by atoms with Gasteiger partial charge in [0, 0.05) is 33.2 Å². The number of aromatic nitrogens is 4. The van der Waals surface area contributed by atoms with Crippen molar-refractivity contribution in [3.63, 3.8) is 0 Å². The van der Waals surface area contributed by atoms with E-state index in [9.17, 15) is 4.79 Å². The van der Waals surface area contributed by atoms with Crippen LogP contribution in [0, 0.1) is 0 Å². The quantitative estimate of drug-likeness (QED) is 0.795. The molecule has 0 saturated carbocycles. The summed E-state index contributed by atoms with van der Waals surface area (Å²) in [6.45, 7) is 2.72. The maximum Gasteiger partial charge on any atom is 0.317 e. The van der Waals surface area contributed by atoms with Crippen molar-refractivity contribution in [1.29, 1.82) is 0 Å². The summed E-state index contributed by atoms with van der Waals surface area (Å²) in [5, 5.41) is 5.86. The molecule has 1 fully saturated rings. The maximum atomic E-state index is 11.3. The molecule has 1 aliphatic rings. The molecule has 2 aromatic heterocycles. The summed E-state index contributed by atoms with van der Waals surface area (Å²) in [4.78, 5) is 25.8. The predicted octanol–water partition coefficient (Wildman–Crippen LogP) is -0.200. The minimum Gasteiger partial charge on any atom is -0.352 e. The van der Waals surface area contributed by atoms with Gasteiger partial charge in [0.05, 0.1) is 12.5 Å². The summed E-state index contributed by atoms with van der Waals surface area (Å²) in [6.07, 6.45) is 3.44. The summed E-state index contributed by atoms with van der Waals surface area (Å²) >= 11 is 0. The first-order chi connectivity index (χ1) is 9.24. The van der Waals surface area contributed by atoms with E-state index in [-0.39, 0.29) is 6.03 Å². The lowest BCUT2D eigenvalue weighted by Crippen LogP contribution is -2.32. The van der Waals surface area contributed by atoms with Crippen molar-refractivity contribution in [1.82, 2.24) is 29.7 Å². The molecule has 0 radical (unpaired) electrons. The highest BCUT2D eigenvalue weighted by molar-refractivity contribution is 5.76. The molecule has 0 aliphatic carbocycles. The number of fused-ring (bicyclic) bond motifs is 1. The second kappa shape index (κ2) is 4.71. The fraction of sp³-hybridized carbons (Fsp3) is 0.455. The number of hydrogen-bond acceptors (Lipinski definition) is 5. The van der Waals surface area contributed by atoms with Gasteiger partial charge in [0.2, 0.25) is 5.95 Å². The van der Waals surface area contributed by atoms with E-state index in [1.807, 2.05) is 11.6 Å². The Labute approximate surface area is 109 Å². The number of nitrogens with one attached hydrogen (secondary N) is 2. The number of hydrogen-bond donors (Lipinski definition) is 2. The van der Waals surface area contributed by atoms with Gasteiger partial charge in [-0.1, -0.05) is 0 Å². The number of nitrogens with zero attached hydrogens (tertiary/aromatic N) is 5. The van der Waals surface area contributed by atoms with E-state index in [1.165, 1.54) is 0 Å². The Kier molecular flexibility index (Phi) is 2.90. The molecule has 1 aliphatic heterocycles. The van der Waals surface area contributed by atoms with Crippen molar-refractivity contribution in [2.24, 2.45) is 7.05 Å². The SMILES string of the molecule is Cn1cnc2nc(NCCN3CCNC3=O)ncc21. The molecule has 3 heterocycles. The number of anilines is 1. The van der Waals surface area contributed by atoms with Crippen molar-refractivity contribution in [3.8, 4) is 0 Å². The second-order valence-corrected chi connectivity index (χ2v) is 4.40. The summed E-state index contributed by atoms with van der Waals surface area (Å²) in [7, 11) is 1.90. The number of carbonyl (C=O) groups excluding carboxylic acids is 1. The molecular weight excluding hydrogens is 246 g/mol. The zero-order chi connectivity index (χ0) is 13.2. The third-order valence-electron chi connectivity index (χ3n) is 3.09. The Morgan fingerprint density at radius 2 is 2.37 bits per heavy atom. The van der Waals surface area contributed by atoms with Gasteiger partial charge in [0.1, 0.15) is 5.52 Å². The highest BCUT2D eigenvalue weighted by atomic mass is 16.2. The van der Waals surface area contributed by atoms with E-state index < -0.39 is 0 Å². The van der Waals surface area contributed by atoms with Crippen LogP contribution in [0.4, 0.5) is 10.7 Å². The largest absolute Gasteiger partial charge is 0.352 e. The fourth-order valence-electron chi connectivity index (χ4n) is 2.03. The van der Waals surface area contributed by atoms with Crippen LogP contribution < -0.4 is 10.6 Å². The van der Waals surface area contributed by atoms with E-state index >= 15 is 0 Å². The number of carbonyl (C=O) groups is 1. The van der Waals surface area contributed by atoms with Crippen LogP contribution in [0.15, 0.2) is 12.5 Å². The zero-order valence-corrected chi connectivity index (χ0v) is 10.6. The Morgan fingerprint density at radius 3 is 3.16 bits per heavy atom. The second-order valence-electron chi connectivity index (χ2n) is 4.40. The molecule has 0 aromatic carbocycles. The monoisotopic (exact) mass is 261 g/mol. The first-order valence-electron chi connectivity index (χ1n) is 6.15. The van der Waals surface area contributed by atoms with Crippen molar-refractivity contribution < 1.29 is 4.79 Å². The lowest BCUT2D eigenvalue weighted by Gasteiger charge is -2.14. The lowest BCUT2D eigenvalue weighted by atomic mass is 10.5. The van der Waals surface area contributed by atoms with Gasteiger partial charge in [-0.3, -0.25) is 0 Å². The van der Waals surface area contributed by atoms with Crippen LogP contribution in [0.25, 0.3) is 11.2 Å². The van der Waals surface area contributed by atoms with Gasteiger partial charge < -0.3 is 20.1 Å². The molecular formula is C11H15N7O. The molecule has 100 valence electrons. The molecule has 3 rings (SSSR count). The Hall–Kier alpha value is -2.38. The third kappa shape index (κ3) is 2.28. The lowest BCUT2D eigenvalue weighted by molar-refractivity contribution is 0.219. The zero-order valence-electron chi connectivity index (χ0n) is 10.6. The van der Waals surface area contributed by atoms with E-state index in [4.69, 9.17) is 0 Å². The van der Waals surface area contributed by atoms with Crippen LogP contribution in [0.2, 0.25) is 0 Å². The molecule has 8 heteroatoms. The molecule has 2 aromatic rings. The molecule has 0 atom stereocenters. The van der Waals surface area contributed by atoms with Gasteiger partial charge >= 0.3 is 6.03 Å².